The van der Waals surface area contributed by atoms with Crippen molar-refractivity contribution in [1.29, 1.82) is 0 Å². The van der Waals surface area contributed by atoms with Gasteiger partial charge in [-0.15, -0.1) is 0 Å². The van der Waals surface area contributed by atoms with Gasteiger partial charge in [0.25, 0.3) is 0 Å². The monoisotopic (exact) mass is 295 g/mol. The van der Waals surface area contributed by atoms with Gasteiger partial charge in [-0.25, -0.2) is 0 Å². The van der Waals surface area contributed by atoms with Gasteiger partial charge in [0.2, 0.25) is 5.91 Å². The fourth-order valence-corrected chi connectivity index (χ4v) is 3.36. The maximum absolute atomic E-state index is 12.8. The lowest BCUT2D eigenvalue weighted by Crippen LogP contribution is -2.36. The molecule has 2 aromatic carbocycles. The molecular formula is C19H21NO2. The van der Waals surface area contributed by atoms with E-state index in [0.29, 0.717) is 0 Å². The molecule has 0 spiro atoms. The molecule has 0 saturated heterocycles. The van der Waals surface area contributed by atoms with Crippen molar-refractivity contribution in [2.24, 2.45) is 0 Å². The Morgan fingerprint density at radius 2 is 1.77 bits per heavy atom. The molecule has 3 heteroatoms. The first-order valence-corrected chi connectivity index (χ1v) is 7.57. The Labute approximate surface area is 131 Å². The summed E-state index contributed by atoms with van der Waals surface area (Å²) in [5.74, 6) is 1.06. The highest BCUT2D eigenvalue weighted by Gasteiger charge is 2.45. The van der Waals surface area contributed by atoms with Crippen LogP contribution in [0.4, 0.5) is 5.69 Å². The second-order valence-corrected chi connectivity index (χ2v) is 6.03. The Morgan fingerprint density at radius 1 is 1.09 bits per heavy atom. The number of carbonyl (C=O) groups excluding carboxylic acids is 1. The molecular weight excluding hydrogens is 274 g/mol. The van der Waals surface area contributed by atoms with Gasteiger partial charge < -0.3 is 9.64 Å². The molecule has 3 rings (SSSR count). The number of aryl methyl sites for hydroxylation is 1. The Morgan fingerprint density at radius 3 is 2.55 bits per heavy atom. The van der Waals surface area contributed by atoms with Crippen LogP contribution < -0.4 is 9.64 Å². The second kappa shape index (κ2) is 5.48. The van der Waals surface area contributed by atoms with E-state index in [-0.39, 0.29) is 5.91 Å². The molecule has 0 aromatic heterocycles. The molecule has 1 amide bonds. The molecule has 0 saturated carbocycles. The molecule has 1 aliphatic heterocycles. The Kier molecular flexibility index (Phi) is 3.65. The van der Waals surface area contributed by atoms with Crippen LogP contribution in [0.5, 0.6) is 5.75 Å². The lowest BCUT2D eigenvalue weighted by molar-refractivity contribution is -0.122. The molecule has 114 valence electrons. The maximum atomic E-state index is 12.8. The summed E-state index contributed by atoms with van der Waals surface area (Å²) in [5.41, 5.74) is 2.82. The van der Waals surface area contributed by atoms with E-state index in [1.165, 1.54) is 0 Å². The van der Waals surface area contributed by atoms with E-state index in [4.69, 9.17) is 4.74 Å². The Balaban J connectivity index is 1.90. The van der Waals surface area contributed by atoms with Crippen molar-refractivity contribution >= 4 is 11.6 Å². The summed E-state index contributed by atoms with van der Waals surface area (Å²) in [4.78, 5) is 14.5. The predicted octanol–water partition coefficient (Wildman–Crippen LogP) is 3.56. The minimum atomic E-state index is -0.466. The van der Waals surface area contributed by atoms with Gasteiger partial charge in [0.15, 0.2) is 0 Å². The van der Waals surface area contributed by atoms with Gasteiger partial charge in [-0.2, -0.15) is 0 Å². The van der Waals surface area contributed by atoms with E-state index < -0.39 is 5.41 Å². The van der Waals surface area contributed by atoms with Gasteiger partial charge in [-0.1, -0.05) is 36.4 Å². The number of fused-ring (bicyclic) bond motifs is 1. The summed E-state index contributed by atoms with van der Waals surface area (Å²) in [7, 11) is 3.54. The topological polar surface area (TPSA) is 29.5 Å². The van der Waals surface area contributed by atoms with Crippen LogP contribution in [0, 0.1) is 0 Å². The van der Waals surface area contributed by atoms with E-state index in [1.807, 2.05) is 50.4 Å². The van der Waals surface area contributed by atoms with Gasteiger partial charge in [0.05, 0.1) is 12.5 Å². The average Bonchev–Trinajstić information content (AvgIpc) is 2.76. The van der Waals surface area contributed by atoms with Crippen LogP contribution in [-0.2, 0) is 16.6 Å². The summed E-state index contributed by atoms with van der Waals surface area (Å²) < 4.78 is 5.42. The number of methoxy groups -OCH3 is 1. The number of carbonyl (C=O) groups is 1. The van der Waals surface area contributed by atoms with Gasteiger partial charge in [-0.05, 0) is 43.0 Å². The molecule has 1 aliphatic rings. The number of hydrogen-bond acceptors (Lipinski definition) is 2. The molecule has 1 unspecified atom stereocenters. The molecule has 1 heterocycles. The van der Waals surface area contributed by atoms with E-state index in [2.05, 4.69) is 12.1 Å². The maximum Gasteiger partial charge on any atom is 0.237 e. The van der Waals surface area contributed by atoms with Crippen LogP contribution >= 0.6 is 0 Å². The number of hydrogen-bond donors (Lipinski definition) is 0. The van der Waals surface area contributed by atoms with Crippen LogP contribution in [0.2, 0.25) is 0 Å². The Bertz CT molecular complexity index is 710. The van der Waals surface area contributed by atoms with Crippen molar-refractivity contribution in [2.75, 3.05) is 19.1 Å². The van der Waals surface area contributed by atoms with Gasteiger partial charge in [0, 0.05) is 12.7 Å². The zero-order valence-corrected chi connectivity index (χ0v) is 13.3. The quantitative estimate of drug-likeness (QED) is 0.863. The average molecular weight is 295 g/mol. The summed E-state index contributed by atoms with van der Waals surface area (Å²) in [5, 5.41) is 0. The van der Waals surface area contributed by atoms with Crippen LogP contribution in [0.1, 0.15) is 24.5 Å². The van der Waals surface area contributed by atoms with Crippen molar-refractivity contribution in [2.45, 2.75) is 25.2 Å². The van der Waals surface area contributed by atoms with E-state index in [1.54, 1.807) is 12.0 Å². The summed E-state index contributed by atoms with van der Waals surface area (Å²) in [6, 6.07) is 16.1. The smallest absolute Gasteiger partial charge is 0.237 e. The molecule has 0 aliphatic carbocycles. The molecule has 3 nitrogen and oxygen atoms in total. The predicted molar refractivity (Wildman–Crippen MR) is 88.5 cm³/mol. The normalized spacial score (nSPS) is 20.1. The molecule has 22 heavy (non-hydrogen) atoms. The standard InChI is InChI=1S/C19H21NO2/c1-19(13-12-14-8-4-7-11-17(14)22-3)15-9-5-6-10-16(15)20(2)18(19)21/h4-11H,12-13H2,1-3H3. The fraction of sp³-hybridized carbons (Fsp3) is 0.316. The number of nitrogens with zero attached hydrogens (tertiary/aromatic N) is 1. The highest BCUT2D eigenvalue weighted by atomic mass is 16.5. The summed E-state index contributed by atoms with van der Waals surface area (Å²) in [6.45, 7) is 2.05. The molecule has 0 N–H and O–H groups in total. The molecule has 2 aromatic rings. The first-order chi connectivity index (χ1) is 10.6. The van der Waals surface area contributed by atoms with Crippen molar-refractivity contribution in [3.8, 4) is 5.75 Å². The van der Waals surface area contributed by atoms with Crippen LogP contribution in [0.15, 0.2) is 48.5 Å². The molecule has 0 radical (unpaired) electrons. The number of benzene rings is 2. The highest BCUT2D eigenvalue weighted by molar-refractivity contribution is 6.07. The van der Waals surface area contributed by atoms with Gasteiger partial charge >= 0.3 is 0 Å². The second-order valence-electron chi connectivity index (χ2n) is 6.03. The number of amides is 1. The number of rotatable bonds is 4. The van der Waals surface area contributed by atoms with Crippen molar-refractivity contribution in [3.63, 3.8) is 0 Å². The van der Waals surface area contributed by atoms with Gasteiger partial charge in [-0.3, -0.25) is 4.79 Å². The first-order valence-electron chi connectivity index (χ1n) is 7.57. The van der Waals surface area contributed by atoms with Gasteiger partial charge in [0.1, 0.15) is 5.75 Å². The summed E-state index contributed by atoms with van der Waals surface area (Å²) >= 11 is 0. The van der Waals surface area contributed by atoms with Crippen LogP contribution in [-0.4, -0.2) is 20.1 Å². The number of anilines is 1. The number of ether oxygens (including phenoxy) is 1. The van der Waals surface area contributed by atoms with Crippen molar-refractivity contribution in [1.82, 2.24) is 0 Å². The fourth-order valence-electron chi connectivity index (χ4n) is 3.36. The third kappa shape index (κ3) is 2.17. The zero-order valence-electron chi connectivity index (χ0n) is 13.3. The third-order valence-electron chi connectivity index (χ3n) is 4.72. The molecule has 0 bridgehead atoms. The van der Waals surface area contributed by atoms with Crippen LogP contribution in [0.3, 0.4) is 0 Å². The van der Waals surface area contributed by atoms with E-state index in [0.717, 1.165) is 35.4 Å². The highest BCUT2D eigenvalue weighted by Crippen LogP contribution is 2.43. The SMILES string of the molecule is COc1ccccc1CCC1(C)C(=O)N(C)c2ccccc21. The lowest BCUT2D eigenvalue weighted by atomic mass is 9.78. The largest absolute Gasteiger partial charge is 0.496 e. The minimum absolute atomic E-state index is 0.170. The van der Waals surface area contributed by atoms with E-state index >= 15 is 0 Å². The Hall–Kier alpha value is -2.29. The van der Waals surface area contributed by atoms with Crippen molar-refractivity contribution < 1.29 is 9.53 Å². The molecule has 0 fully saturated rings. The first kappa shape index (κ1) is 14.6. The number of para-hydroxylation sites is 2. The van der Waals surface area contributed by atoms with Crippen molar-refractivity contribution in [3.05, 3.63) is 59.7 Å². The number of likely N-dealkylation sites (N-methyl/N-ethyl adjacent to an activating group) is 1. The third-order valence-corrected chi connectivity index (χ3v) is 4.72. The summed E-state index contributed by atoms with van der Waals surface area (Å²) in [6.07, 6.45) is 1.59. The lowest BCUT2D eigenvalue weighted by Gasteiger charge is -2.23. The zero-order chi connectivity index (χ0) is 15.7. The minimum Gasteiger partial charge on any atom is -0.496 e. The van der Waals surface area contributed by atoms with Crippen LogP contribution in [0.25, 0.3) is 0 Å². The molecule has 1 atom stereocenters. The van der Waals surface area contributed by atoms with E-state index in [9.17, 15) is 4.79 Å².